The third kappa shape index (κ3) is 2.75. The molecule has 0 unspecified atom stereocenters. The second kappa shape index (κ2) is 7.16. The van der Waals surface area contributed by atoms with E-state index in [0.29, 0.717) is 37.2 Å². The van der Waals surface area contributed by atoms with E-state index in [4.69, 9.17) is 20.0 Å². The predicted molar refractivity (Wildman–Crippen MR) is 117 cm³/mol. The fourth-order valence-electron chi connectivity index (χ4n) is 5.00. The minimum absolute atomic E-state index is 0.229. The molecule has 0 aromatic heterocycles. The fraction of sp³-hybridized carbons (Fsp3) is 0.308. The van der Waals surface area contributed by atoms with E-state index in [0.717, 1.165) is 32.7 Å². The molecule has 0 saturated heterocycles. The van der Waals surface area contributed by atoms with Crippen LogP contribution in [-0.4, -0.2) is 11.2 Å². The first-order valence-electron chi connectivity index (χ1n) is 10.5. The lowest BCUT2D eigenvalue weighted by atomic mass is 9.81. The zero-order valence-corrected chi connectivity index (χ0v) is 17.3. The van der Waals surface area contributed by atoms with Crippen LogP contribution in [0.3, 0.4) is 0 Å². The summed E-state index contributed by atoms with van der Waals surface area (Å²) < 4.78 is 12.8. The standard InChI is InChI=1S/C26H18N4O2/c27-11-3-9-25(15-29)13-17-5-1-7-19-21(17)24(32-25)20-8-2-6-18-14-26(16-30,10-4-12-28)31-23(19)22(18)20/h1-2,5-8H,3-4,9-10,13-14H2/t25-,26+. The average molecular weight is 418 g/mol. The number of benzene rings is 3. The van der Waals surface area contributed by atoms with Gasteiger partial charge in [-0.25, -0.2) is 0 Å². The second-order valence-electron chi connectivity index (χ2n) is 8.42. The van der Waals surface area contributed by atoms with Crippen molar-refractivity contribution in [2.45, 2.75) is 49.7 Å². The van der Waals surface area contributed by atoms with Crippen molar-refractivity contribution in [2.75, 3.05) is 0 Å². The van der Waals surface area contributed by atoms with E-state index in [1.807, 2.05) is 36.4 Å². The van der Waals surface area contributed by atoms with Crippen molar-refractivity contribution in [1.82, 2.24) is 0 Å². The number of hydrogen-bond acceptors (Lipinski definition) is 6. The maximum absolute atomic E-state index is 10.00. The Hall–Kier alpha value is -4.26. The Bertz CT molecular complexity index is 1340. The molecule has 0 radical (unpaired) electrons. The summed E-state index contributed by atoms with van der Waals surface area (Å²) in [7, 11) is 0. The van der Waals surface area contributed by atoms with Gasteiger partial charge in [-0.05, 0) is 11.1 Å². The summed E-state index contributed by atoms with van der Waals surface area (Å²) in [5, 5.41) is 41.6. The molecule has 0 bridgehead atoms. The van der Waals surface area contributed by atoms with Gasteiger partial charge in [0.1, 0.15) is 23.6 Å². The summed E-state index contributed by atoms with van der Waals surface area (Å²) in [6.07, 6.45) is 1.84. The van der Waals surface area contributed by atoms with Crippen LogP contribution in [-0.2, 0) is 12.8 Å². The molecule has 2 aliphatic heterocycles. The molecule has 3 aromatic rings. The molecule has 32 heavy (non-hydrogen) atoms. The molecule has 0 amide bonds. The Kier molecular flexibility index (Phi) is 4.41. The van der Waals surface area contributed by atoms with Crippen LogP contribution >= 0.6 is 0 Å². The number of rotatable bonds is 4. The monoisotopic (exact) mass is 418 g/mol. The Balaban J connectivity index is 1.79. The van der Waals surface area contributed by atoms with Crippen LogP contribution in [0.5, 0.6) is 11.5 Å². The SMILES string of the molecule is N#CCC[C@@]1(C#N)Cc2cccc3c4c5c(cccc5c(c23)O1)C[C@@](C#N)(CCC#N)O4. The van der Waals surface area contributed by atoms with Crippen molar-refractivity contribution in [3.63, 3.8) is 0 Å². The van der Waals surface area contributed by atoms with Gasteiger partial charge in [0, 0.05) is 60.1 Å². The van der Waals surface area contributed by atoms with Crippen molar-refractivity contribution in [1.29, 1.82) is 21.0 Å². The zero-order chi connectivity index (χ0) is 22.3. The molecule has 0 aliphatic carbocycles. The number of ether oxygens (including phenoxy) is 2. The van der Waals surface area contributed by atoms with Gasteiger partial charge in [0.05, 0.1) is 12.1 Å². The highest BCUT2D eigenvalue weighted by Crippen LogP contribution is 2.52. The average Bonchev–Trinajstić information content (AvgIpc) is 2.84. The van der Waals surface area contributed by atoms with Crippen LogP contribution in [0.4, 0.5) is 0 Å². The van der Waals surface area contributed by atoms with Crippen molar-refractivity contribution in [3.05, 3.63) is 47.5 Å². The van der Waals surface area contributed by atoms with Crippen molar-refractivity contribution in [2.24, 2.45) is 0 Å². The summed E-state index contributed by atoms with van der Waals surface area (Å²) >= 11 is 0. The van der Waals surface area contributed by atoms with Gasteiger partial charge in [-0.2, -0.15) is 21.0 Å². The molecule has 0 N–H and O–H groups in total. The summed E-state index contributed by atoms with van der Waals surface area (Å²) in [6.45, 7) is 0. The van der Waals surface area contributed by atoms with Crippen LogP contribution in [0, 0.1) is 45.3 Å². The number of fused-ring (bicyclic) bond motifs is 2. The van der Waals surface area contributed by atoms with Crippen LogP contribution in [0.2, 0.25) is 0 Å². The molecule has 2 aliphatic rings. The van der Waals surface area contributed by atoms with Gasteiger partial charge in [-0.3, -0.25) is 0 Å². The summed E-state index contributed by atoms with van der Waals surface area (Å²) in [4.78, 5) is 0. The van der Waals surface area contributed by atoms with Crippen molar-refractivity contribution in [3.8, 4) is 35.8 Å². The second-order valence-corrected chi connectivity index (χ2v) is 8.42. The molecular formula is C26H18N4O2. The largest absolute Gasteiger partial charge is 0.471 e. The highest BCUT2D eigenvalue weighted by Gasteiger charge is 2.42. The Morgan fingerprint density at radius 3 is 1.50 bits per heavy atom. The quantitative estimate of drug-likeness (QED) is 0.551. The molecule has 0 fully saturated rings. The minimum atomic E-state index is -1.10. The molecule has 2 atom stereocenters. The third-order valence-corrected chi connectivity index (χ3v) is 6.48. The zero-order valence-electron chi connectivity index (χ0n) is 17.3. The Labute approximate surface area is 185 Å². The van der Waals surface area contributed by atoms with Gasteiger partial charge in [-0.15, -0.1) is 0 Å². The molecule has 6 nitrogen and oxygen atoms in total. The molecule has 2 heterocycles. The van der Waals surface area contributed by atoms with Gasteiger partial charge < -0.3 is 9.47 Å². The van der Waals surface area contributed by atoms with E-state index in [1.165, 1.54) is 0 Å². The fourth-order valence-corrected chi connectivity index (χ4v) is 5.00. The van der Waals surface area contributed by atoms with Crippen molar-refractivity contribution < 1.29 is 9.47 Å². The maximum Gasteiger partial charge on any atom is 0.199 e. The van der Waals surface area contributed by atoms with Crippen LogP contribution in [0.25, 0.3) is 21.5 Å². The topological polar surface area (TPSA) is 114 Å². The summed E-state index contributed by atoms with van der Waals surface area (Å²) in [5.41, 5.74) is -0.285. The van der Waals surface area contributed by atoms with Gasteiger partial charge in [0.2, 0.25) is 0 Å². The van der Waals surface area contributed by atoms with E-state index >= 15 is 0 Å². The lowest BCUT2D eigenvalue weighted by Crippen LogP contribution is -2.41. The number of nitriles is 4. The number of hydrogen-bond donors (Lipinski definition) is 0. The Morgan fingerprint density at radius 2 is 1.12 bits per heavy atom. The van der Waals surface area contributed by atoms with Crippen LogP contribution < -0.4 is 9.47 Å². The van der Waals surface area contributed by atoms with Crippen LogP contribution in [0.1, 0.15) is 36.8 Å². The van der Waals surface area contributed by atoms with E-state index in [1.54, 1.807) is 0 Å². The maximum atomic E-state index is 10.00. The first-order valence-corrected chi connectivity index (χ1v) is 10.5. The Morgan fingerprint density at radius 1 is 0.688 bits per heavy atom. The summed E-state index contributed by atoms with van der Waals surface area (Å²) in [6, 6.07) is 20.6. The molecule has 154 valence electrons. The van der Waals surface area contributed by atoms with E-state index in [-0.39, 0.29) is 12.8 Å². The van der Waals surface area contributed by atoms with E-state index in [9.17, 15) is 10.5 Å². The van der Waals surface area contributed by atoms with Gasteiger partial charge >= 0.3 is 0 Å². The van der Waals surface area contributed by atoms with Crippen molar-refractivity contribution >= 4 is 21.5 Å². The lowest BCUT2D eigenvalue weighted by Gasteiger charge is -2.37. The lowest BCUT2D eigenvalue weighted by molar-refractivity contribution is 0.113. The van der Waals surface area contributed by atoms with Gasteiger partial charge in [-0.1, -0.05) is 36.4 Å². The van der Waals surface area contributed by atoms with E-state index < -0.39 is 11.2 Å². The van der Waals surface area contributed by atoms with Crippen LogP contribution in [0.15, 0.2) is 36.4 Å². The van der Waals surface area contributed by atoms with Gasteiger partial charge in [0.15, 0.2) is 11.2 Å². The normalized spacial score (nSPS) is 22.6. The third-order valence-electron chi connectivity index (χ3n) is 6.48. The first-order chi connectivity index (χ1) is 15.6. The predicted octanol–water partition coefficient (Wildman–Crippen LogP) is 5.00. The highest BCUT2D eigenvalue weighted by atomic mass is 16.5. The van der Waals surface area contributed by atoms with Gasteiger partial charge in [0.25, 0.3) is 0 Å². The minimum Gasteiger partial charge on any atom is -0.471 e. The smallest absolute Gasteiger partial charge is 0.199 e. The first kappa shape index (κ1) is 19.7. The highest BCUT2D eigenvalue weighted by molar-refractivity contribution is 6.14. The summed E-state index contributed by atoms with van der Waals surface area (Å²) in [5.74, 6) is 1.26. The molecule has 0 saturated carbocycles. The molecule has 3 aromatic carbocycles. The molecular weight excluding hydrogens is 400 g/mol. The molecule has 0 spiro atoms. The molecule has 6 heteroatoms. The number of nitrogens with zero attached hydrogens (tertiary/aromatic N) is 4. The van der Waals surface area contributed by atoms with E-state index in [2.05, 4.69) is 24.3 Å². The molecule has 5 rings (SSSR count).